The number of hydrogen-bond acceptors (Lipinski definition) is 2. The van der Waals surface area contributed by atoms with Crippen molar-refractivity contribution in [3.63, 3.8) is 0 Å². The number of phenolic OH excluding ortho intramolecular Hbond substituents is 1. The number of aryl methyl sites for hydroxylation is 1. The van der Waals surface area contributed by atoms with Crippen LogP contribution in [0.3, 0.4) is 0 Å². The Balaban J connectivity index is 1.75. The number of fused-ring (bicyclic) bond motifs is 2. The quantitative estimate of drug-likeness (QED) is 0.788. The molecular weight excluding hydrogens is 250 g/mol. The van der Waals surface area contributed by atoms with Crippen molar-refractivity contribution in [2.75, 3.05) is 13.1 Å². The van der Waals surface area contributed by atoms with E-state index < -0.39 is 0 Å². The fourth-order valence-electron chi connectivity index (χ4n) is 5.10. The highest BCUT2D eigenvalue weighted by atomic mass is 16.3. The predicted molar refractivity (Wildman–Crippen MR) is 76.6 cm³/mol. The second kappa shape index (κ2) is 4.00. The van der Waals surface area contributed by atoms with Crippen LogP contribution in [0.5, 0.6) is 5.75 Å². The first-order valence-electron chi connectivity index (χ1n) is 7.67. The van der Waals surface area contributed by atoms with Gasteiger partial charge in [-0.3, -0.25) is 4.79 Å². The standard InChI is InChI=1S/C17H21NO2/c1-11(19)18-9-13-2-5-16-15-4-3-14(20)8-12(15)6-7-17(13,16)10-18/h3-4,8,13,16,20H,2,5-7,9-10H2,1H3/t13-,16+,17?/m1/s1. The summed E-state index contributed by atoms with van der Waals surface area (Å²) in [4.78, 5) is 13.8. The zero-order chi connectivity index (χ0) is 13.9. The Morgan fingerprint density at radius 1 is 1.40 bits per heavy atom. The summed E-state index contributed by atoms with van der Waals surface area (Å²) >= 11 is 0. The van der Waals surface area contributed by atoms with Crippen LogP contribution in [0.2, 0.25) is 0 Å². The van der Waals surface area contributed by atoms with E-state index in [1.165, 1.54) is 30.4 Å². The molecule has 1 amide bonds. The molecule has 3 atom stereocenters. The number of likely N-dealkylation sites (tertiary alicyclic amines) is 1. The molecule has 0 radical (unpaired) electrons. The monoisotopic (exact) mass is 271 g/mol. The third-order valence-corrected chi connectivity index (χ3v) is 6.04. The highest BCUT2D eigenvalue weighted by Gasteiger charge is 2.57. The number of carbonyl (C=O) groups excluding carboxylic acids is 1. The van der Waals surface area contributed by atoms with Gasteiger partial charge in [-0.05, 0) is 66.2 Å². The summed E-state index contributed by atoms with van der Waals surface area (Å²) in [7, 11) is 0. The summed E-state index contributed by atoms with van der Waals surface area (Å²) in [5, 5.41) is 9.68. The molecule has 1 spiro atoms. The van der Waals surface area contributed by atoms with Crippen molar-refractivity contribution in [3.8, 4) is 5.75 Å². The molecular formula is C17H21NO2. The molecule has 4 rings (SSSR count). The van der Waals surface area contributed by atoms with Gasteiger partial charge >= 0.3 is 0 Å². The molecule has 1 saturated heterocycles. The van der Waals surface area contributed by atoms with E-state index in [2.05, 4.69) is 11.0 Å². The Morgan fingerprint density at radius 2 is 2.25 bits per heavy atom. The van der Waals surface area contributed by atoms with Crippen molar-refractivity contribution in [3.05, 3.63) is 29.3 Å². The summed E-state index contributed by atoms with van der Waals surface area (Å²) in [6.07, 6.45) is 4.70. The van der Waals surface area contributed by atoms with Crippen molar-refractivity contribution in [1.82, 2.24) is 4.90 Å². The van der Waals surface area contributed by atoms with Crippen LogP contribution in [-0.2, 0) is 11.2 Å². The van der Waals surface area contributed by atoms with E-state index in [0.29, 0.717) is 23.0 Å². The largest absolute Gasteiger partial charge is 0.508 e. The van der Waals surface area contributed by atoms with E-state index in [-0.39, 0.29) is 5.91 Å². The lowest BCUT2D eigenvalue weighted by Gasteiger charge is -2.40. The molecule has 2 fully saturated rings. The van der Waals surface area contributed by atoms with Gasteiger partial charge in [0.05, 0.1) is 0 Å². The Hall–Kier alpha value is -1.51. The average molecular weight is 271 g/mol. The van der Waals surface area contributed by atoms with E-state index >= 15 is 0 Å². The van der Waals surface area contributed by atoms with Crippen LogP contribution in [0.15, 0.2) is 18.2 Å². The van der Waals surface area contributed by atoms with Gasteiger partial charge in [0.25, 0.3) is 0 Å². The Kier molecular flexibility index (Phi) is 2.45. The van der Waals surface area contributed by atoms with Gasteiger partial charge in [-0.1, -0.05) is 6.07 Å². The number of nitrogens with zero attached hydrogens (tertiary/aromatic N) is 1. The van der Waals surface area contributed by atoms with Gasteiger partial charge in [0.1, 0.15) is 5.75 Å². The van der Waals surface area contributed by atoms with Gasteiger partial charge in [-0.15, -0.1) is 0 Å². The maximum atomic E-state index is 11.7. The number of aromatic hydroxyl groups is 1. The van der Waals surface area contributed by atoms with Crippen LogP contribution < -0.4 is 0 Å². The number of benzene rings is 1. The molecule has 20 heavy (non-hydrogen) atoms. The smallest absolute Gasteiger partial charge is 0.219 e. The Labute approximate surface area is 119 Å². The molecule has 106 valence electrons. The lowest BCUT2D eigenvalue weighted by Crippen LogP contribution is -2.37. The summed E-state index contributed by atoms with van der Waals surface area (Å²) < 4.78 is 0. The summed E-state index contributed by atoms with van der Waals surface area (Å²) in [6.45, 7) is 3.60. The maximum absolute atomic E-state index is 11.7. The number of amides is 1. The second-order valence-electron chi connectivity index (χ2n) is 6.84. The first-order chi connectivity index (χ1) is 9.60. The molecule has 3 nitrogen and oxygen atoms in total. The van der Waals surface area contributed by atoms with Crippen molar-refractivity contribution in [2.45, 2.75) is 38.5 Å². The van der Waals surface area contributed by atoms with Crippen LogP contribution in [-0.4, -0.2) is 29.0 Å². The maximum Gasteiger partial charge on any atom is 0.219 e. The normalized spacial score (nSPS) is 34.5. The highest BCUT2D eigenvalue weighted by Crippen LogP contribution is 2.61. The molecule has 2 aliphatic carbocycles. The van der Waals surface area contributed by atoms with Crippen molar-refractivity contribution >= 4 is 5.91 Å². The summed E-state index contributed by atoms with van der Waals surface area (Å²) in [5.41, 5.74) is 3.07. The summed E-state index contributed by atoms with van der Waals surface area (Å²) in [6, 6.07) is 5.88. The fourth-order valence-corrected chi connectivity index (χ4v) is 5.10. The summed E-state index contributed by atoms with van der Waals surface area (Å²) in [5.74, 6) is 1.87. The van der Waals surface area contributed by atoms with E-state index in [1.54, 1.807) is 6.92 Å². The fraction of sp³-hybridized carbons (Fsp3) is 0.588. The lowest BCUT2D eigenvalue weighted by atomic mass is 9.63. The third-order valence-electron chi connectivity index (χ3n) is 6.04. The van der Waals surface area contributed by atoms with E-state index in [4.69, 9.17) is 0 Å². The molecule has 1 aromatic carbocycles. The van der Waals surface area contributed by atoms with E-state index in [9.17, 15) is 9.90 Å². The van der Waals surface area contributed by atoms with Crippen LogP contribution in [0, 0.1) is 11.3 Å². The second-order valence-corrected chi connectivity index (χ2v) is 6.84. The van der Waals surface area contributed by atoms with Crippen molar-refractivity contribution in [1.29, 1.82) is 0 Å². The van der Waals surface area contributed by atoms with Crippen molar-refractivity contribution in [2.24, 2.45) is 11.3 Å². The third kappa shape index (κ3) is 1.49. The van der Waals surface area contributed by atoms with Crippen LogP contribution >= 0.6 is 0 Å². The molecule has 0 aromatic heterocycles. The molecule has 3 aliphatic rings. The van der Waals surface area contributed by atoms with Gasteiger partial charge in [0.15, 0.2) is 0 Å². The molecule has 3 heteroatoms. The van der Waals surface area contributed by atoms with Crippen molar-refractivity contribution < 1.29 is 9.90 Å². The molecule has 1 aromatic rings. The van der Waals surface area contributed by atoms with Gasteiger partial charge in [0, 0.05) is 20.0 Å². The SMILES string of the molecule is CC(=O)N1C[C@H]2CC[C@H]3c4ccc(O)cc4CCC23C1. The van der Waals surface area contributed by atoms with Crippen LogP contribution in [0.1, 0.15) is 43.2 Å². The molecule has 1 N–H and O–H groups in total. The number of carbonyl (C=O) groups is 1. The minimum Gasteiger partial charge on any atom is -0.508 e. The first-order valence-corrected chi connectivity index (χ1v) is 7.67. The average Bonchev–Trinajstić information content (AvgIpc) is 2.93. The Bertz CT molecular complexity index is 582. The predicted octanol–water partition coefficient (Wildman–Crippen LogP) is 2.68. The highest BCUT2D eigenvalue weighted by molar-refractivity contribution is 5.73. The minimum atomic E-state index is 0.226. The topological polar surface area (TPSA) is 40.5 Å². The molecule has 1 saturated carbocycles. The molecule has 1 aliphatic heterocycles. The van der Waals surface area contributed by atoms with Gasteiger partial charge < -0.3 is 10.0 Å². The van der Waals surface area contributed by atoms with Gasteiger partial charge in [-0.25, -0.2) is 0 Å². The Morgan fingerprint density at radius 3 is 3.05 bits per heavy atom. The molecule has 1 unspecified atom stereocenters. The minimum absolute atomic E-state index is 0.226. The molecule has 1 heterocycles. The first kappa shape index (κ1) is 12.2. The number of rotatable bonds is 0. The lowest BCUT2D eigenvalue weighted by molar-refractivity contribution is -0.128. The number of hydrogen-bond donors (Lipinski definition) is 1. The van der Waals surface area contributed by atoms with Gasteiger partial charge in [0.2, 0.25) is 5.91 Å². The number of phenols is 1. The van der Waals surface area contributed by atoms with Crippen LogP contribution in [0.4, 0.5) is 0 Å². The zero-order valence-corrected chi connectivity index (χ0v) is 11.9. The van der Waals surface area contributed by atoms with Crippen LogP contribution in [0.25, 0.3) is 0 Å². The van der Waals surface area contributed by atoms with E-state index in [0.717, 1.165) is 19.5 Å². The molecule has 0 bridgehead atoms. The van der Waals surface area contributed by atoms with E-state index in [1.807, 2.05) is 12.1 Å². The van der Waals surface area contributed by atoms with Gasteiger partial charge in [-0.2, -0.15) is 0 Å². The zero-order valence-electron chi connectivity index (χ0n) is 11.9.